The number of amides is 2. The van der Waals surface area contributed by atoms with Gasteiger partial charge in [0.15, 0.2) is 0 Å². The van der Waals surface area contributed by atoms with Gasteiger partial charge in [0.25, 0.3) is 0 Å². The average Bonchev–Trinajstić information content (AvgIpc) is 2.45. The van der Waals surface area contributed by atoms with Gasteiger partial charge in [-0.25, -0.2) is 9.59 Å². The number of carbonyl (C=O) groups excluding carboxylic acids is 2. The number of hydrogen-bond acceptors (Lipinski definition) is 4. The van der Waals surface area contributed by atoms with Crippen molar-refractivity contribution in [1.82, 2.24) is 10.6 Å². The molecular weight excluding hydrogens is 260 g/mol. The lowest BCUT2D eigenvalue weighted by molar-refractivity contribution is 0.123. The van der Waals surface area contributed by atoms with E-state index >= 15 is 0 Å². The van der Waals surface area contributed by atoms with E-state index in [-0.39, 0.29) is 5.41 Å². The molecule has 2 N–H and O–H groups in total. The van der Waals surface area contributed by atoms with Crippen LogP contribution in [0, 0.1) is 5.41 Å². The maximum Gasteiger partial charge on any atom is 0.407 e. The molecule has 6 nitrogen and oxygen atoms in total. The van der Waals surface area contributed by atoms with Crippen molar-refractivity contribution in [2.24, 2.45) is 5.41 Å². The maximum atomic E-state index is 11.4. The predicted octanol–water partition coefficient (Wildman–Crippen LogP) is 2.43. The van der Waals surface area contributed by atoms with E-state index in [0.717, 1.165) is 25.7 Å². The van der Waals surface area contributed by atoms with Crippen molar-refractivity contribution < 1.29 is 19.1 Å². The zero-order chi connectivity index (χ0) is 14.8. The first kappa shape index (κ1) is 16.6. The second kappa shape index (κ2) is 8.66. The molecule has 2 amide bonds. The Morgan fingerprint density at radius 2 is 1.35 bits per heavy atom. The lowest BCUT2D eigenvalue weighted by atomic mass is 9.74. The van der Waals surface area contributed by atoms with Gasteiger partial charge in [0.05, 0.1) is 13.2 Å². The largest absolute Gasteiger partial charge is 0.450 e. The molecule has 0 atom stereocenters. The molecule has 0 spiro atoms. The molecule has 1 saturated carbocycles. The lowest BCUT2D eigenvalue weighted by Gasteiger charge is -2.37. The Bertz CT molecular complexity index is 290. The van der Waals surface area contributed by atoms with E-state index in [1.807, 2.05) is 0 Å². The second-order valence-corrected chi connectivity index (χ2v) is 5.21. The summed E-state index contributed by atoms with van der Waals surface area (Å²) in [6, 6.07) is 0. The monoisotopic (exact) mass is 286 g/mol. The molecule has 1 fully saturated rings. The molecule has 1 aliphatic rings. The van der Waals surface area contributed by atoms with Crippen molar-refractivity contribution in [1.29, 1.82) is 0 Å². The molecule has 116 valence electrons. The van der Waals surface area contributed by atoms with Gasteiger partial charge in [0.2, 0.25) is 0 Å². The molecule has 6 heteroatoms. The summed E-state index contributed by atoms with van der Waals surface area (Å²) in [5.41, 5.74) is -0.0855. The summed E-state index contributed by atoms with van der Waals surface area (Å²) >= 11 is 0. The highest BCUT2D eigenvalue weighted by Crippen LogP contribution is 2.35. The van der Waals surface area contributed by atoms with Crippen LogP contribution in [0.25, 0.3) is 0 Å². The van der Waals surface area contributed by atoms with Crippen LogP contribution in [0.5, 0.6) is 0 Å². The fraction of sp³-hybridized carbons (Fsp3) is 0.857. The Labute approximate surface area is 120 Å². The van der Waals surface area contributed by atoms with Gasteiger partial charge in [-0.1, -0.05) is 19.3 Å². The molecule has 0 saturated heterocycles. The molecule has 0 radical (unpaired) electrons. The van der Waals surface area contributed by atoms with Crippen LogP contribution in [0.2, 0.25) is 0 Å². The van der Waals surface area contributed by atoms with E-state index in [4.69, 9.17) is 9.47 Å². The summed E-state index contributed by atoms with van der Waals surface area (Å²) in [5.74, 6) is 0. The fourth-order valence-corrected chi connectivity index (χ4v) is 2.60. The van der Waals surface area contributed by atoms with Gasteiger partial charge in [-0.3, -0.25) is 0 Å². The third-order valence-electron chi connectivity index (χ3n) is 3.68. The molecule has 0 aliphatic heterocycles. The SMILES string of the molecule is CCOC(=O)NCC1(CNC(=O)OCC)CCCCC1. The molecule has 1 rings (SSSR count). The van der Waals surface area contributed by atoms with Crippen molar-refractivity contribution >= 4 is 12.2 Å². The van der Waals surface area contributed by atoms with Crippen LogP contribution in [0.4, 0.5) is 9.59 Å². The topological polar surface area (TPSA) is 76.7 Å². The van der Waals surface area contributed by atoms with Gasteiger partial charge in [-0.2, -0.15) is 0 Å². The van der Waals surface area contributed by atoms with E-state index in [2.05, 4.69) is 10.6 Å². The normalized spacial score (nSPS) is 17.1. The lowest BCUT2D eigenvalue weighted by Crippen LogP contribution is -2.46. The molecule has 0 unspecified atom stereocenters. The van der Waals surface area contributed by atoms with Crippen LogP contribution in [-0.2, 0) is 9.47 Å². The Balaban J connectivity index is 2.48. The first-order valence-electron chi connectivity index (χ1n) is 7.43. The number of ether oxygens (including phenoxy) is 2. The number of carbonyl (C=O) groups is 2. The number of rotatable bonds is 6. The Morgan fingerprint density at radius 3 is 1.75 bits per heavy atom. The van der Waals surface area contributed by atoms with Gasteiger partial charge >= 0.3 is 12.2 Å². The highest BCUT2D eigenvalue weighted by molar-refractivity contribution is 5.68. The van der Waals surface area contributed by atoms with E-state index in [1.54, 1.807) is 13.8 Å². The molecule has 0 bridgehead atoms. The Hall–Kier alpha value is -1.46. The van der Waals surface area contributed by atoms with Crippen molar-refractivity contribution in [3.63, 3.8) is 0 Å². The molecule has 0 aromatic carbocycles. The van der Waals surface area contributed by atoms with Gasteiger partial charge < -0.3 is 20.1 Å². The van der Waals surface area contributed by atoms with Gasteiger partial charge in [0.1, 0.15) is 0 Å². The van der Waals surface area contributed by atoms with E-state index in [0.29, 0.717) is 26.3 Å². The summed E-state index contributed by atoms with van der Waals surface area (Å²) in [6.07, 6.45) is 4.64. The van der Waals surface area contributed by atoms with E-state index in [9.17, 15) is 9.59 Å². The van der Waals surface area contributed by atoms with Crippen LogP contribution in [0.1, 0.15) is 46.0 Å². The van der Waals surface area contributed by atoms with E-state index < -0.39 is 12.2 Å². The molecule has 1 aliphatic carbocycles. The molecule has 0 aromatic heterocycles. The van der Waals surface area contributed by atoms with Crippen LogP contribution in [0.15, 0.2) is 0 Å². The van der Waals surface area contributed by atoms with Gasteiger partial charge in [-0.05, 0) is 26.7 Å². The molecule has 0 aromatic rings. The van der Waals surface area contributed by atoms with E-state index in [1.165, 1.54) is 6.42 Å². The fourth-order valence-electron chi connectivity index (χ4n) is 2.60. The van der Waals surface area contributed by atoms with Gasteiger partial charge in [-0.15, -0.1) is 0 Å². The zero-order valence-electron chi connectivity index (χ0n) is 12.5. The first-order chi connectivity index (χ1) is 9.62. The summed E-state index contributed by atoms with van der Waals surface area (Å²) in [4.78, 5) is 22.8. The maximum absolute atomic E-state index is 11.4. The quantitative estimate of drug-likeness (QED) is 0.786. The van der Waals surface area contributed by atoms with Crippen LogP contribution >= 0.6 is 0 Å². The van der Waals surface area contributed by atoms with Crippen molar-refractivity contribution in [2.75, 3.05) is 26.3 Å². The summed E-state index contributed by atoms with van der Waals surface area (Å²) in [7, 11) is 0. The smallest absolute Gasteiger partial charge is 0.407 e. The summed E-state index contributed by atoms with van der Waals surface area (Å²) < 4.78 is 9.76. The van der Waals surface area contributed by atoms with Crippen LogP contribution in [-0.4, -0.2) is 38.5 Å². The second-order valence-electron chi connectivity index (χ2n) is 5.21. The predicted molar refractivity (Wildman–Crippen MR) is 75.6 cm³/mol. The standard InChI is InChI=1S/C14H26N2O4/c1-3-19-12(17)15-10-14(8-6-5-7-9-14)11-16-13(18)20-4-2/h3-11H2,1-2H3,(H,15,17)(H,16,18). The highest BCUT2D eigenvalue weighted by Gasteiger charge is 2.33. The average molecular weight is 286 g/mol. The van der Waals surface area contributed by atoms with Crippen molar-refractivity contribution in [2.45, 2.75) is 46.0 Å². The third kappa shape index (κ3) is 5.67. The zero-order valence-corrected chi connectivity index (χ0v) is 12.5. The van der Waals surface area contributed by atoms with Gasteiger partial charge in [0, 0.05) is 18.5 Å². The summed E-state index contributed by atoms with van der Waals surface area (Å²) in [5, 5.41) is 5.59. The molecular formula is C14H26N2O4. The molecule has 20 heavy (non-hydrogen) atoms. The van der Waals surface area contributed by atoms with Crippen molar-refractivity contribution in [3.05, 3.63) is 0 Å². The van der Waals surface area contributed by atoms with Crippen LogP contribution in [0.3, 0.4) is 0 Å². The Kier molecular flexibility index (Phi) is 7.18. The minimum Gasteiger partial charge on any atom is -0.450 e. The third-order valence-corrected chi connectivity index (χ3v) is 3.68. The minimum atomic E-state index is -0.395. The Morgan fingerprint density at radius 1 is 0.900 bits per heavy atom. The number of alkyl carbamates (subject to hydrolysis) is 2. The summed E-state index contributed by atoms with van der Waals surface area (Å²) in [6.45, 7) is 5.33. The minimum absolute atomic E-state index is 0.0855. The highest BCUT2D eigenvalue weighted by atomic mass is 16.6. The number of nitrogens with one attached hydrogen (secondary N) is 2. The molecule has 0 heterocycles. The number of hydrogen-bond donors (Lipinski definition) is 2. The first-order valence-corrected chi connectivity index (χ1v) is 7.43. The van der Waals surface area contributed by atoms with Crippen LogP contribution < -0.4 is 10.6 Å². The van der Waals surface area contributed by atoms with Crippen molar-refractivity contribution in [3.8, 4) is 0 Å².